The van der Waals surface area contributed by atoms with Crippen LogP contribution in [0.3, 0.4) is 0 Å². The van der Waals surface area contributed by atoms with E-state index in [-0.39, 0.29) is 31.9 Å². The van der Waals surface area contributed by atoms with E-state index in [9.17, 15) is 0 Å². The van der Waals surface area contributed by atoms with Crippen molar-refractivity contribution < 1.29 is 41.4 Å². The normalized spacial score (nSPS) is 22.2. The predicted molar refractivity (Wildman–Crippen MR) is 45.3 cm³/mol. The van der Waals surface area contributed by atoms with E-state index >= 15 is 0 Å². The fourth-order valence-electron chi connectivity index (χ4n) is 1.37. The molecule has 0 N–H and O–H groups in total. The Morgan fingerprint density at radius 1 is 1.29 bits per heavy atom. The van der Waals surface area contributed by atoms with Gasteiger partial charge in [0.05, 0.1) is 13.2 Å². The molecule has 0 aromatic rings. The molecule has 0 spiro atoms. The number of halogens is 1. The van der Waals surface area contributed by atoms with Crippen LogP contribution in [-0.4, -0.2) is 19.0 Å². The van der Waals surface area contributed by atoms with E-state index in [4.69, 9.17) is 9.47 Å². The van der Waals surface area contributed by atoms with Crippen molar-refractivity contribution in [3.8, 4) is 0 Å². The smallest absolute Gasteiger partial charge is 0.189 e. The van der Waals surface area contributed by atoms with Crippen molar-refractivity contribution in [3.05, 3.63) is 36.0 Å². The Morgan fingerprint density at radius 3 is 2.43 bits per heavy atom. The fraction of sp³-hybridized carbons (Fsp3) is 0.400. The average molecular weight is 264 g/mol. The quantitative estimate of drug-likeness (QED) is 0.429. The monoisotopic (exact) mass is 262 g/mol. The van der Waals surface area contributed by atoms with Crippen LogP contribution in [0.25, 0.3) is 0 Å². The third-order valence-corrected chi connectivity index (χ3v) is 2.08. The molecular formula is C10H11ClO2Zn-. The van der Waals surface area contributed by atoms with Crippen LogP contribution in [0.1, 0.15) is 6.92 Å². The maximum atomic E-state index is 5.49. The maximum Gasteiger partial charge on any atom is 0.189 e. The number of rotatable bonds is 1. The van der Waals surface area contributed by atoms with Gasteiger partial charge in [-0.15, -0.1) is 5.73 Å². The molecule has 1 saturated heterocycles. The van der Waals surface area contributed by atoms with Gasteiger partial charge in [0, 0.05) is 25.9 Å². The van der Waals surface area contributed by atoms with Gasteiger partial charge in [-0.3, -0.25) is 0 Å². The van der Waals surface area contributed by atoms with Gasteiger partial charge in [-0.2, -0.15) is 0 Å². The third-order valence-electron chi connectivity index (χ3n) is 2.08. The Bertz CT molecular complexity index is 274. The summed E-state index contributed by atoms with van der Waals surface area (Å²) in [5.41, 5.74) is 4.02. The zero-order chi connectivity index (χ0) is 8.44. The molecule has 2 aliphatic rings. The van der Waals surface area contributed by atoms with E-state index < -0.39 is 5.79 Å². The topological polar surface area (TPSA) is 18.5 Å². The second-order valence-corrected chi connectivity index (χ2v) is 2.93. The van der Waals surface area contributed by atoms with Crippen molar-refractivity contribution in [2.24, 2.45) is 0 Å². The van der Waals surface area contributed by atoms with Gasteiger partial charge in [0.15, 0.2) is 5.79 Å². The van der Waals surface area contributed by atoms with Crippen molar-refractivity contribution in [2.45, 2.75) is 12.7 Å². The molecular weight excluding hydrogens is 253 g/mol. The Balaban J connectivity index is 0.000000845. The molecule has 0 bridgehead atoms. The second kappa shape index (κ2) is 5.85. The SMILES string of the molecule is CC1(C2=CC=C=C[CH]2)OCCO1.[Cl-].[Zn]. The van der Waals surface area contributed by atoms with Crippen LogP contribution in [-0.2, 0) is 29.0 Å². The summed E-state index contributed by atoms with van der Waals surface area (Å²) in [5, 5.41) is 0. The van der Waals surface area contributed by atoms with Gasteiger partial charge in [0.1, 0.15) is 0 Å². The van der Waals surface area contributed by atoms with E-state index in [0.29, 0.717) is 13.2 Å². The summed E-state index contributed by atoms with van der Waals surface area (Å²) in [4.78, 5) is 0. The van der Waals surface area contributed by atoms with Crippen LogP contribution in [0.5, 0.6) is 0 Å². The first kappa shape index (κ1) is 14.1. The molecule has 1 fully saturated rings. The van der Waals surface area contributed by atoms with E-state index in [1.165, 1.54) is 0 Å². The van der Waals surface area contributed by atoms with Crippen molar-refractivity contribution in [1.82, 2.24) is 0 Å². The number of allylic oxidation sites excluding steroid dienone is 2. The Morgan fingerprint density at radius 2 is 1.93 bits per heavy atom. The molecule has 0 amide bonds. The molecule has 2 nitrogen and oxygen atoms in total. The summed E-state index contributed by atoms with van der Waals surface area (Å²) in [6.07, 6.45) is 7.66. The van der Waals surface area contributed by atoms with Crippen molar-refractivity contribution in [1.29, 1.82) is 0 Å². The minimum Gasteiger partial charge on any atom is -1.00 e. The molecule has 1 radical (unpaired) electrons. The molecule has 0 saturated carbocycles. The van der Waals surface area contributed by atoms with E-state index in [1.54, 1.807) is 0 Å². The van der Waals surface area contributed by atoms with Crippen molar-refractivity contribution in [3.63, 3.8) is 0 Å². The standard InChI is InChI=1S/C10H11O2.ClH.Zn/c1-10(11-7-8-12-10)9-5-3-2-4-6-9;;/h3-6H,7-8H2,1H3;1H;/p-1. The Labute approximate surface area is 103 Å². The van der Waals surface area contributed by atoms with Gasteiger partial charge < -0.3 is 21.9 Å². The first-order valence-corrected chi connectivity index (χ1v) is 4.06. The number of ether oxygens (including phenoxy) is 2. The summed E-state index contributed by atoms with van der Waals surface area (Å²) in [7, 11) is 0. The van der Waals surface area contributed by atoms with Gasteiger partial charge in [-0.05, 0) is 30.7 Å². The molecule has 1 heterocycles. The summed E-state index contributed by atoms with van der Waals surface area (Å²) < 4.78 is 11.0. The van der Waals surface area contributed by atoms with Gasteiger partial charge in [0.2, 0.25) is 0 Å². The molecule has 4 heteroatoms. The van der Waals surface area contributed by atoms with Crippen LogP contribution >= 0.6 is 0 Å². The zero-order valence-electron chi connectivity index (χ0n) is 8.13. The van der Waals surface area contributed by atoms with Crippen LogP contribution < -0.4 is 12.4 Å². The van der Waals surface area contributed by atoms with Crippen molar-refractivity contribution in [2.75, 3.05) is 13.2 Å². The molecule has 14 heavy (non-hydrogen) atoms. The van der Waals surface area contributed by atoms with Gasteiger partial charge in [-0.25, -0.2) is 0 Å². The zero-order valence-corrected chi connectivity index (χ0v) is 11.8. The van der Waals surface area contributed by atoms with E-state index in [2.05, 4.69) is 5.73 Å². The van der Waals surface area contributed by atoms with Gasteiger partial charge in [0.25, 0.3) is 0 Å². The Hall–Kier alpha value is 0.0934. The first-order chi connectivity index (χ1) is 5.81. The maximum absolute atomic E-state index is 5.49. The second-order valence-electron chi connectivity index (χ2n) is 2.93. The van der Waals surface area contributed by atoms with Gasteiger partial charge >= 0.3 is 0 Å². The number of hydrogen-bond acceptors (Lipinski definition) is 2. The average Bonchev–Trinajstić information content (AvgIpc) is 2.55. The van der Waals surface area contributed by atoms with Crippen LogP contribution in [0, 0.1) is 6.42 Å². The first-order valence-electron chi connectivity index (χ1n) is 4.06. The molecule has 0 aromatic carbocycles. The van der Waals surface area contributed by atoms with Crippen molar-refractivity contribution >= 4 is 0 Å². The van der Waals surface area contributed by atoms with E-state index in [1.807, 2.05) is 31.6 Å². The Kier molecular flexibility index (Phi) is 5.89. The van der Waals surface area contributed by atoms with Crippen LogP contribution in [0.4, 0.5) is 0 Å². The molecule has 0 atom stereocenters. The molecule has 0 unspecified atom stereocenters. The van der Waals surface area contributed by atoms with Crippen LogP contribution in [0.2, 0.25) is 0 Å². The molecule has 73 valence electrons. The summed E-state index contributed by atoms with van der Waals surface area (Å²) in [6.45, 7) is 3.29. The van der Waals surface area contributed by atoms with Crippen LogP contribution in [0.15, 0.2) is 29.5 Å². The third kappa shape index (κ3) is 2.79. The molecule has 0 aromatic heterocycles. The predicted octanol–water partition coefficient (Wildman–Crippen LogP) is -1.39. The summed E-state index contributed by atoms with van der Waals surface area (Å²) >= 11 is 0. The summed E-state index contributed by atoms with van der Waals surface area (Å²) in [6, 6.07) is 0. The minimum atomic E-state index is -0.533. The minimum absolute atomic E-state index is 0. The fourth-order valence-corrected chi connectivity index (χ4v) is 1.37. The molecule has 1 aliphatic carbocycles. The molecule has 2 rings (SSSR count). The van der Waals surface area contributed by atoms with E-state index in [0.717, 1.165) is 5.57 Å². The largest absolute Gasteiger partial charge is 1.00 e. The number of hydrogen-bond donors (Lipinski definition) is 0. The molecule has 1 aliphatic heterocycles. The summed E-state index contributed by atoms with van der Waals surface area (Å²) in [5.74, 6) is -0.533. The van der Waals surface area contributed by atoms with Gasteiger partial charge in [-0.1, -0.05) is 0 Å².